The van der Waals surface area contributed by atoms with Crippen molar-refractivity contribution in [3.05, 3.63) is 18.2 Å². The summed E-state index contributed by atoms with van der Waals surface area (Å²) in [5, 5.41) is 0. The van der Waals surface area contributed by atoms with Crippen LogP contribution < -0.4 is 14.2 Å². The zero-order valence-corrected chi connectivity index (χ0v) is 16.7. The standard InChI is InChI=1S/C17H25F2N3O5S/c1-26-14-4-3-13(11-15(14)27-2)28(24,25)20-6-5-17(23)22-9-7-21(8-10-22)12-16(18)19/h3-4,11,16,20H,5-10,12H2,1-2H3. The first-order valence-electron chi connectivity index (χ1n) is 8.77. The van der Waals surface area contributed by atoms with Gasteiger partial charge in [-0.2, -0.15) is 0 Å². The third-order valence-corrected chi connectivity index (χ3v) is 5.88. The molecule has 0 bridgehead atoms. The Balaban J connectivity index is 1.84. The molecule has 1 amide bonds. The van der Waals surface area contributed by atoms with E-state index in [4.69, 9.17) is 9.47 Å². The summed E-state index contributed by atoms with van der Waals surface area (Å²) in [5.74, 6) is 0.470. The van der Waals surface area contributed by atoms with Gasteiger partial charge >= 0.3 is 0 Å². The molecule has 2 rings (SSSR count). The summed E-state index contributed by atoms with van der Waals surface area (Å²) in [6.07, 6.45) is -2.41. The van der Waals surface area contributed by atoms with Crippen molar-refractivity contribution in [1.82, 2.24) is 14.5 Å². The third kappa shape index (κ3) is 6.01. The second-order valence-electron chi connectivity index (χ2n) is 6.24. The highest BCUT2D eigenvalue weighted by Crippen LogP contribution is 2.29. The largest absolute Gasteiger partial charge is 0.493 e. The number of carbonyl (C=O) groups is 1. The number of alkyl halides is 2. The van der Waals surface area contributed by atoms with Crippen molar-refractivity contribution in [2.75, 3.05) is 53.5 Å². The predicted molar refractivity (Wildman–Crippen MR) is 98.4 cm³/mol. The van der Waals surface area contributed by atoms with E-state index in [0.717, 1.165) is 0 Å². The summed E-state index contributed by atoms with van der Waals surface area (Å²) >= 11 is 0. The Labute approximate surface area is 163 Å². The number of nitrogens with one attached hydrogen (secondary N) is 1. The van der Waals surface area contributed by atoms with Crippen molar-refractivity contribution in [2.24, 2.45) is 0 Å². The van der Waals surface area contributed by atoms with Gasteiger partial charge in [0.15, 0.2) is 11.5 Å². The zero-order valence-electron chi connectivity index (χ0n) is 15.9. The molecular formula is C17H25F2N3O5S. The Hall–Kier alpha value is -1.98. The monoisotopic (exact) mass is 421 g/mol. The van der Waals surface area contributed by atoms with Crippen molar-refractivity contribution < 1.29 is 31.5 Å². The van der Waals surface area contributed by atoms with Crippen LogP contribution in [0.15, 0.2) is 23.1 Å². The maximum atomic E-state index is 12.4. The van der Waals surface area contributed by atoms with Crippen molar-refractivity contribution in [3.63, 3.8) is 0 Å². The fraction of sp³-hybridized carbons (Fsp3) is 0.588. The first-order chi connectivity index (χ1) is 13.3. The summed E-state index contributed by atoms with van der Waals surface area (Å²) in [7, 11) is -0.963. The lowest BCUT2D eigenvalue weighted by atomic mass is 10.3. The summed E-state index contributed by atoms with van der Waals surface area (Å²) < 4.78 is 62.1. The molecule has 1 aliphatic heterocycles. The van der Waals surface area contributed by atoms with Crippen LogP contribution in [0.5, 0.6) is 11.5 Å². The molecule has 0 saturated carbocycles. The van der Waals surface area contributed by atoms with Crippen LogP contribution in [0.1, 0.15) is 6.42 Å². The lowest BCUT2D eigenvalue weighted by Crippen LogP contribution is -2.50. The highest BCUT2D eigenvalue weighted by atomic mass is 32.2. The van der Waals surface area contributed by atoms with Gasteiger partial charge in [0.1, 0.15) is 0 Å². The molecule has 11 heteroatoms. The summed E-state index contributed by atoms with van der Waals surface area (Å²) in [6, 6.07) is 4.20. The topological polar surface area (TPSA) is 88.2 Å². The molecule has 0 aliphatic carbocycles. The summed E-state index contributed by atoms with van der Waals surface area (Å²) in [6.45, 7) is 1.11. The zero-order chi connectivity index (χ0) is 20.7. The minimum atomic E-state index is -3.81. The Bertz CT molecular complexity index is 768. The SMILES string of the molecule is COc1ccc(S(=O)(=O)NCCC(=O)N2CCN(CC(F)F)CC2)cc1OC. The molecular weight excluding hydrogens is 396 g/mol. The van der Waals surface area contributed by atoms with Gasteiger partial charge < -0.3 is 14.4 Å². The number of sulfonamides is 1. The van der Waals surface area contributed by atoms with Gasteiger partial charge in [0.25, 0.3) is 6.43 Å². The average molecular weight is 421 g/mol. The number of carbonyl (C=O) groups excluding carboxylic acids is 1. The molecule has 0 radical (unpaired) electrons. The molecule has 1 aliphatic rings. The molecule has 0 unspecified atom stereocenters. The Morgan fingerprint density at radius 2 is 1.79 bits per heavy atom. The minimum Gasteiger partial charge on any atom is -0.493 e. The number of piperazine rings is 1. The fourth-order valence-electron chi connectivity index (χ4n) is 2.89. The molecule has 1 saturated heterocycles. The van der Waals surface area contributed by atoms with Gasteiger partial charge in [-0.25, -0.2) is 21.9 Å². The molecule has 1 fully saturated rings. The van der Waals surface area contributed by atoms with E-state index in [0.29, 0.717) is 31.9 Å². The van der Waals surface area contributed by atoms with Crippen molar-refractivity contribution in [2.45, 2.75) is 17.7 Å². The van der Waals surface area contributed by atoms with Crippen LogP contribution in [0.2, 0.25) is 0 Å². The van der Waals surface area contributed by atoms with Gasteiger partial charge in [-0.1, -0.05) is 0 Å². The van der Waals surface area contributed by atoms with Crippen LogP contribution in [0, 0.1) is 0 Å². The van der Waals surface area contributed by atoms with E-state index in [1.165, 1.54) is 32.4 Å². The van der Waals surface area contributed by atoms with E-state index in [2.05, 4.69) is 4.72 Å². The van der Waals surface area contributed by atoms with E-state index in [1.54, 1.807) is 9.80 Å². The highest BCUT2D eigenvalue weighted by molar-refractivity contribution is 7.89. The molecule has 0 atom stereocenters. The number of methoxy groups -OCH3 is 2. The van der Waals surface area contributed by atoms with Crippen molar-refractivity contribution in [1.29, 1.82) is 0 Å². The van der Waals surface area contributed by atoms with E-state index in [9.17, 15) is 22.0 Å². The molecule has 1 N–H and O–H groups in total. The summed E-state index contributed by atoms with van der Waals surface area (Å²) in [4.78, 5) is 15.4. The molecule has 158 valence electrons. The second-order valence-corrected chi connectivity index (χ2v) is 8.00. The molecule has 28 heavy (non-hydrogen) atoms. The van der Waals surface area contributed by atoms with Crippen LogP contribution >= 0.6 is 0 Å². The first kappa shape index (κ1) is 22.3. The Morgan fingerprint density at radius 3 is 2.36 bits per heavy atom. The van der Waals surface area contributed by atoms with Crippen LogP contribution in [-0.2, 0) is 14.8 Å². The van der Waals surface area contributed by atoms with E-state index in [-0.39, 0.29) is 36.1 Å². The van der Waals surface area contributed by atoms with Crippen LogP contribution in [0.3, 0.4) is 0 Å². The van der Waals surface area contributed by atoms with Crippen LogP contribution in [0.25, 0.3) is 0 Å². The first-order valence-corrected chi connectivity index (χ1v) is 10.2. The second kappa shape index (κ2) is 9.99. The fourth-order valence-corrected chi connectivity index (χ4v) is 3.94. The minimum absolute atomic E-state index is 0.00166. The van der Waals surface area contributed by atoms with Crippen LogP contribution in [-0.4, -0.2) is 84.0 Å². The quantitative estimate of drug-likeness (QED) is 0.634. The molecule has 0 spiro atoms. The number of amides is 1. The number of hydrogen-bond donors (Lipinski definition) is 1. The van der Waals surface area contributed by atoms with Crippen LogP contribution in [0.4, 0.5) is 8.78 Å². The molecule has 1 heterocycles. The number of rotatable bonds is 9. The number of hydrogen-bond acceptors (Lipinski definition) is 6. The maximum Gasteiger partial charge on any atom is 0.251 e. The molecule has 0 aromatic heterocycles. The number of ether oxygens (including phenoxy) is 2. The van der Waals surface area contributed by atoms with E-state index < -0.39 is 16.4 Å². The van der Waals surface area contributed by atoms with Crippen molar-refractivity contribution >= 4 is 15.9 Å². The molecule has 8 nitrogen and oxygen atoms in total. The van der Waals surface area contributed by atoms with E-state index in [1.807, 2.05) is 0 Å². The smallest absolute Gasteiger partial charge is 0.251 e. The number of nitrogens with zero attached hydrogens (tertiary/aromatic N) is 2. The maximum absolute atomic E-state index is 12.4. The lowest BCUT2D eigenvalue weighted by Gasteiger charge is -2.34. The predicted octanol–water partition coefficient (Wildman–Crippen LogP) is 0.782. The van der Waals surface area contributed by atoms with Gasteiger partial charge in [-0.15, -0.1) is 0 Å². The van der Waals surface area contributed by atoms with Gasteiger partial charge in [-0.05, 0) is 12.1 Å². The third-order valence-electron chi connectivity index (χ3n) is 4.42. The van der Waals surface area contributed by atoms with Gasteiger partial charge in [0, 0.05) is 45.2 Å². The Kier molecular flexibility index (Phi) is 7.96. The average Bonchev–Trinajstić information content (AvgIpc) is 2.67. The number of halogens is 2. The molecule has 1 aromatic carbocycles. The van der Waals surface area contributed by atoms with Gasteiger partial charge in [0.05, 0.1) is 25.7 Å². The lowest BCUT2D eigenvalue weighted by molar-refractivity contribution is -0.132. The highest BCUT2D eigenvalue weighted by Gasteiger charge is 2.23. The normalized spacial score (nSPS) is 15.7. The molecule has 1 aromatic rings. The van der Waals surface area contributed by atoms with E-state index >= 15 is 0 Å². The van der Waals surface area contributed by atoms with Gasteiger partial charge in [0.2, 0.25) is 15.9 Å². The number of benzene rings is 1. The van der Waals surface area contributed by atoms with Gasteiger partial charge in [-0.3, -0.25) is 9.69 Å². The summed E-state index contributed by atoms with van der Waals surface area (Å²) in [5.41, 5.74) is 0. The Morgan fingerprint density at radius 1 is 1.14 bits per heavy atom. The van der Waals surface area contributed by atoms with Crippen molar-refractivity contribution in [3.8, 4) is 11.5 Å².